The van der Waals surface area contributed by atoms with Crippen molar-refractivity contribution in [2.45, 2.75) is 20.5 Å². The van der Waals surface area contributed by atoms with Gasteiger partial charge in [-0.25, -0.2) is 17.9 Å². The smallest absolute Gasteiger partial charge is 0.411 e. The van der Waals surface area contributed by atoms with Crippen molar-refractivity contribution in [1.82, 2.24) is 4.72 Å². The zero-order valence-electron chi connectivity index (χ0n) is 17.3. The highest BCUT2D eigenvalue weighted by molar-refractivity contribution is 7.88. The molecular formula is C21H27N3O5S. The van der Waals surface area contributed by atoms with E-state index in [0.29, 0.717) is 30.9 Å². The third-order valence-electron chi connectivity index (χ3n) is 4.43. The molecule has 0 aromatic heterocycles. The Kier molecular flexibility index (Phi) is 8.37. The van der Waals surface area contributed by atoms with Gasteiger partial charge in [0.15, 0.2) is 0 Å². The number of carbonyl (C=O) groups is 2. The lowest BCUT2D eigenvalue weighted by Gasteiger charge is -2.24. The number of likely N-dealkylation sites (N-methyl/N-ethyl adjacent to an activating group) is 1. The van der Waals surface area contributed by atoms with Gasteiger partial charge in [0.05, 0.1) is 6.26 Å². The molecule has 0 fully saturated rings. The number of carbonyl (C=O) groups excluding carboxylic acids is 2. The van der Waals surface area contributed by atoms with E-state index in [4.69, 9.17) is 4.74 Å². The van der Waals surface area contributed by atoms with E-state index >= 15 is 0 Å². The molecule has 0 unspecified atom stereocenters. The lowest BCUT2D eigenvalue weighted by molar-refractivity contribution is 0.112. The quantitative estimate of drug-likeness (QED) is 0.558. The summed E-state index contributed by atoms with van der Waals surface area (Å²) in [5.74, 6) is 0. The van der Waals surface area contributed by atoms with Crippen molar-refractivity contribution in [3.8, 4) is 0 Å². The van der Waals surface area contributed by atoms with Crippen molar-refractivity contribution >= 4 is 33.8 Å². The SMILES string of the molecule is CCN(CCNS(C)(=O)=O)c1ccc(NC(=O)OCc2ccc(C=O)cc2)c(C)c1. The highest BCUT2D eigenvalue weighted by Crippen LogP contribution is 2.23. The Morgan fingerprint density at radius 3 is 2.43 bits per heavy atom. The van der Waals surface area contributed by atoms with E-state index in [-0.39, 0.29) is 6.61 Å². The van der Waals surface area contributed by atoms with Crippen molar-refractivity contribution in [3.63, 3.8) is 0 Å². The maximum Gasteiger partial charge on any atom is 0.411 e. The van der Waals surface area contributed by atoms with Gasteiger partial charge < -0.3 is 9.64 Å². The first-order valence-corrected chi connectivity index (χ1v) is 11.4. The van der Waals surface area contributed by atoms with Crippen LogP contribution in [0.25, 0.3) is 0 Å². The summed E-state index contributed by atoms with van der Waals surface area (Å²) in [6.45, 7) is 5.51. The second-order valence-electron chi connectivity index (χ2n) is 6.81. The minimum absolute atomic E-state index is 0.0963. The summed E-state index contributed by atoms with van der Waals surface area (Å²) in [5, 5.41) is 2.72. The molecule has 9 heteroatoms. The summed E-state index contributed by atoms with van der Waals surface area (Å²) in [4.78, 5) is 24.8. The van der Waals surface area contributed by atoms with Gasteiger partial charge in [0.25, 0.3) is 0 Å². The van der Waals surface area contributed by atoms with Crippen LogP contribution in [0.2, 0.25) is 0 Å². The van der Waals surface area contributed by atoms with E-state index < -0.39 is 16.1 Å². The number of anilines is 2. The van der Waals surface area contributed by atoms with Gasteiger partial charge >= 0.3 is 6.09 Å². The van der Waals surface area contributed by atoms with Crippen LogP contribution in [0.1, 0.15) is 28.4 Å². The van der Waals surface area contributed by atoms with Crippen molar-refractivity contribution < 1.29 is 22.7 Å². The molecule has 0 saturated heterocycles. The lowest BCUT2D eigenvalue weighted by atomic mass is 10.1. The Hall–Kier alpha value is -2.91. The molecule has 0 aliphatic rings. The molecule has 0 saturated carbocycles. The molecule has 1 amide bonds. The molecule has 0 heterocycles. The number of amides is 1. The van der Waals surface area contributed by atoms with Crippen LogP contribution in [0.3, 0.4) is 0 Å². The lowest BCUT2D eigenvalue weighted by Crippen LogP contribution is -2.34. The molecule has 8 nitrogen and oxygen atoms in total. The van der Waals surface area contributed by atoms with Crippen molar-refractivity contribution in [3.05, 3.63) is 59.2 Å². The summed E-state index contributed by atoms with van der Waals surface area (Å²) in [5.41, 5.74) is 3.76. The number of ether oxygens (including phenoxy) is 1. The summed E-state index contributed by atoms with van der Waals surface area (Å²) < 4.78 is 30.1. The summed E-state index contributed by atoms with van der Waals surface area (Å²) in [6.07, 6.45) is 1.31. The van der Waals surface area contributed by atoms with E-state index in [1.54, 1.807) is 30.3 Å². The number of hydrogen-bond acceptors (Lipinski definition) is 6. The molecule has 2 aromatic carbocycles. The van der Waals surface area contributed by atoms with Gasteiger partial charge in [0, 0.05) is 36.6 Å². The van der Waals surface area contributed by atoms with Crippen LogP contribution in [-0.2, 0) is 21.4 Å². The number of aldehydes is 1. The molecule has 0 bridgehead atoms. The molecule has 0 aliphatic carbocycles. The monoisotopic (exact) mass is 433 g/mol. The Balaban J connectivity index is 1.93. The van der Waals surface area contributed by atoms with Gasteiger partial charge in [-0.2, -0.15) is 0 Å². The van der Waals surface area contributed by atoms with Crippen LogP contribution < -0.4 is 14.9 Å². The molecule has 0 spiro atoms. The molecule has 2 N–H and O–H groups in total. The Bertz CT molecular complexity index is 975. The Morgan fingerprint density at radius 2 is 1.87 bits per heavy atom. The molecule has 2 rings (SSSR count). The fraction of sp³-hybridized carbons (Fsp3) is 0.333. The van der Waals surface area contributed by atoms with E-state index in [0.717, 1.165) is 29.4 Å². The van der Waals surface area contributed by atoms with Crippen LogP contribution in [0, 0.1) is 6.92 Å². The van der Waals surface area contributed by atoms with E-state index in [1.807, 2.05) is 30.9 Å². The average molecular weight is 434 g/mol. The largest absolute Gasteiger partial charge is 0.444 e. The topological polar surface area (TPSA) is 105 Å². The number of hydrogen-bond donors (Lipinski definition) is 2. The molecule has 30 heavy (non-hydrogen) atoms. The minimum atomic E-state index is -3.22. The van der Waals surface area contributed by atoms with Gasteiger partial charge in [-0.15, -0.1) is 0 Å². The van der Waals surface area contributed by atoms with E-state index in [2.05, 4.69) is 10.0 Å². The van der Waals surface area contributed by atoms with Crippen LogP contribution >= 0.6 is 0 Å². The fourth-order valence-electron chi connectivity index (χ4n) is 2.81. The molecule has 162 valence electrons. The molecule has 2 aromatic rings. The highest BCUT2D eigenvalue weighted by atomic mass is 32.2. The van der Waals surface area contributed by atoms with Gasteiger partial charge in [0.1, 0.15) is 12.9 Å². The van der Waals surface area contributed by atoms with E-state index in [1.165, 1.54) is 0 Å². The molecule has 0 radical (unpaired) electrons. The number of sulfonamides is 1. The highest BCUT2D eigenvalue weighted by Gasteiger charge is 2.10. The normalized spacial score (nSPS) is 11.0. The van der Waals surface area contributed by atoms with Gasteiger partial charge in [-0.3, -0.25) is 10.1 Å². The number of nitrogens with one attached hydrogen (secondary N) is 2. The molecular weight excluding hydrogens is 406 g/mol. The van der Waals surface area contributed by atoms with Gasteiger partial charge in [0.2, 0.25) is 10.0 Å². The summed E-state index contributed by atoms with van der Waals surface area (Å²) in [6, 6.07) is 12.4. The van der Waals surface area contributed by atoms with Crippen LogP contribution in [-0.4, -0.2) is 46.7 Å². The number of aryl methyl sites for hydroxylation is 1. The second kappa shape index (κ2) is 10.7. The van der Waals surface area contributed by atoms with Crippen LogP contribution in [0.5, 0.6) is 0 Å². The first-order chi connectivity index (χ1) is 14.2. The minimum Gasteiger partial charge on any atom is -0.444 e. The number of nitrogens with zero attached hydrogens (tertiary/aromatic N) is 1. The first kappa shape index (κ1) is 23.4. The van der Waals surface area contributed by atoms with Gasteiger partial charge in [-0.05, 0) is 43.2 Å². The zero-order valence-corrected chi connectivity index (χ0v) is 18.2. The summed E-state index contributed by atoms with van der Waals surface area (Å²) >= 11 is 0. The number of rotatable bonds is 10. The maximum atomic E-state index is 12.1. The third-order valence-corrected chi connectivity index (χ3v) is 5.15. The first-order valence-electron chi connectivity index (χ1n) is 9.50. The fourth-order valence-corrected chi connectivity index (χ4v) is 3.27. The third kappa shape index (κ3) is 7.49. The molecule has 0 aliphatic heterocycles. The zero-order chi connectivity index (χ0) is 22.1. The predicted octanol–water partition coefficient (Wildman–Crippen LogP) is 2.93. The van der Waals surface area contributed by atoms with Crippen LogP contribution in [0.4, 0.5) is 16.2 Å². The van der Waals surface area contributed by atoms with Gasteiger partial charge in [-0.1, -0.05) is 24.3 Å². The average Bonchev–Trinajstić information content (AvgIpc) is 2.71. The van der Waals surface area contributed by atoms with E-state index in [9.17, 15) is 18.0 Å². The summed E-state index contributed by atoms with van der Waals surface area (Å²) in [7, 11) is -3.22. The number of benzene rings is 2. The second-order valence-corrected chi connectivity index (χ2v) is 8.64. The standard InChI is InChI=1S/C21H27N3O5S/c1-4-24(12-11-22-30(3,27)28)19-9-10-20(16(2)13-19)23-21(26)29-15-18-7-5-17(14-25)6-8-18/h5-10,13-14,22H,4,11-12,15H2,1-3H3,(H,23,26). The van der Waals surface area contributed by atoms with Crippen molar-refractivity contribution in [2.75, 3.05) is 36.1 Å². The van der Waals surface area contributed by atoms with Crippen molar-refractivity contribution in [1.29, 1.82) is 0 Å². The Morgan fingerprint density at radius 1 is 1.17 bits per heavy atom. The predicted molar refractivity (Wildman–Crippen MR) is 118 cm³/mol. The maximum absolute atomic E-state index is 12.1. The Labute approximate surface area is 177 Å². The van der Waals surface area contributed by atoms with Crippen LogP contribution in [0.15, 0.2) is 42.5 Å². The van der Waals surface area contributed by atoms with Crippen molar-refractivity contribution in [2.24, 2.45) is 0 Å². The molecule has 0 atom stereocenters.